The summed E-state index contributed by atoms with van der Waals surface area (Å²) in [6.45, 7) is 0.976. The van der Waals surface area contributed by atoms with Crippen LogP contribution in [0.1, 0.15) is 41.6 Å². The van der Waals surface area contributed by atoms with E-state index in [4.69, 9.17) is 15.2 Å². The highest BCUT2D eigenvalue weighted by Gasteiger charge is 2.21. The van der Waals surface area contributed by atoms with E-state index >= 15 is 0 Å². The molecule has 3 N–H and O–H groups in total. The molecule has 3 aromatic carbocycles. The Balaban J connectivity index is 1.71. The van der Waals surface area contributed by atoms with Crippen LogP contribution in [0.3, 0.4) is 0 Å². The molecule has 1 atom stereocenters. The lowest BCUT2D eigenvalue weighted by Gasteiger charge is -2.17. The van der Waals surface area contributed by atoms with Crippen LogP contribution in [0.5, 0.6) is 11.5 Å². The first kappa shape index (κ1) is 24.3. The van der Waals surface area contributed by atoms with E-state index in [0.717, 1.165) is 28.5 Å². The molecule has 6 heteroatoms. The summed E-state index contributed by atoms with van der Waals surface area (Å²) < 4.78 is 10.9. The highest BCUT2D eigenvalue weighted by atomic mass is 16.5. The van der Waals surface area contributed by atoms with Gasteiger partial charge in [0.15, 0.2) is 5.78 Å². The summed E-state index contributed by atoms with van der Waals surface area (Å²) in [4.78, 5) is 26.0. The first-order valence-corrected chi connectivity index (χ1v) is 11.3. The Morgan fingerprint density at radius 3 is 2.39 bits per heavy atom. The number of nitrogens with two attached hydrogens (primary N) is 1. The molecule has 6 nitrogen and oxygen atoms in total. The number of ether oxygens (including phenoxy) is 2. The minimum absolute atomic E-state index is 0.0460. The van der Waals surface area contributed by atoms with Crippen LogP contribution in [0.15, 0.2) is 60.7 Å². The van der Waals surface area contributed by atoms with Crippen LogP contribution >= 0.6 is 0 Å². The topological polar surface area (TPSA) is 90.7 Å². The number of Topliss-reactive ketones (excluding diaryl/α,β-unsaturated/α-hetero) is 1. The van der Waals surface area contributed by atoms with E-state index in [9.17, 15) is 9.59 Å². The van der Waals surface area contributed by atoms with Gasteiger partial charge in [-0.15, -0.1) is 0 Å². The van der Waals surface area contributed by atoms with Crippen molar-refractivity contribution in [2.45, 2.75) is 32.2 Å². The van der Waals surface area contributed by atoms with Gasteiger partial charge in [0.25, 0.3) is 0 Å². The Morgan fingerprint density at radius 2 is 1.70 bits per heavy atom. The van der Waals surface area contributed by atoms with Crippen LogP contribution in [-0.2, 0) is 11.3 Å². The number of methoxy groups -OCH3 is 2. The molecule has 1 amide bonds. The fraction of sp³-hybridized carbons (Fsp3) is 0.333. The first-order valence-electron chi connectivity index (χ1n) is 11.3. The van der Waals surface area contributed by atoms with Crippen molar-refractivity contribution in [3.05, 3.63) is 71.8 Å². The van der Waals surface area contributed by atoms with Gasteiger partial charge in [-0.3, -0.25) is 9.59 Å². The number of hydrogen-bond donors (Lipinski definition) is 2. The molecular weight excluding hydrogens is 416 g/mol. The van der Waals surface area contributed by atoms with E-state index in [1.54, 1.807) is 14.2 Å². The Hall–Kier alpha value is -3.38. The van der Waals surface area contributed by atoms with Crippen molar-refractivity contribution >= 4 is 22.5 Å². The van der Waals surface area contributed by atoms with Crippen LogP contribution in [0.2, 0.25) is 0 Å². The fourth-order valence-electron chi connectivity index (χ4n) is 3.98. The number of benzene rings is 3. The molecule has 0 aliphatic rings. The van der Waals surface area contributed by atoms with Crippen molar-refractivity contribution in [3.63, 3.8) is 0 Å². The largest absolute Gasteiger partial charge is 0.496 e. The Morgan fingerprint density at radius 1 is 0.939 bits per heavy atom. The van der Waals surface area contributed by atoms with E-state index in [0.29, 0.717) is 37.2 Å². The molecule has 3 aromatic rings. The summed E-state index contributed by atoms with van der Waals surface area (Å²) in [7, 11) is 3.17. The molecule has 0 spiro atoms. The maximum absolute atomic E-state index is 13.1. The number of carbonyl (C=O) groups is 2. The highest BCUT2D eigenvalue weighted by molar-refractivity contribution is 6.04. The SMILES string of the molecule is COc1cc2c(OC)cccc2cc1C(=O)CC[C@@H](CCCN)C(=O)NCc1ccccc1. The summed E-state index contributed by atoms with van der Waals surface area (Å²) in [5.74, 6) is 0.860. The smallest absolute Gasteiger partial charge is 0.223 e. The summed E-state index contributed by atoms with van der Waals surface area (Å²) in [5.41, 5.74) is 7.23. The second-order valence-electron chi connectivity index (χ2n) is 8.03. The number of hydrogen-bond acceptors (Lipinski definition) is 5. The van der Waals surface area contributed by atoms with E-state index < -0.39 is 0 Å². The Bertz CT molecular complexity index is 1080. The summed E-state index contributed by atoms with van der Waals surface area (Å²) in [6, 6.07) is 19.1. The van der Waals surface area contributed by atoms with Gasteiger partial charge in [-0.25, -0.2) is 0 Å². The number of amides is 1. The maximum atomic E-state index is 13.1. The number of carbonyl (C=O) groups excluding carboxylic acids is 2. The average Bonchev–Trinajstić information content (AvgIpc) is 2.86. The molecule has 33 heavy (non-hydrogen) atoms. The van der Waals surface area contributed by atoms with Gasteiger partial charge in [-0.1, -0.05) is 42.5 Å². The lowest BCUT2D eigenvalue weighted by Crippen LogP contribution is -2.31. The zero-order valence-corrected chi connectivity index (χ0v) is 19.3. The predicted octanol–water partition coefficient (Wildman–Crippen LogP) is 4.49. The van der Waals surface area contributed by atoms with Gasteiger partial charge >= 0.3 is 0 Å². The summed E-state index contributed by atoms with van der Waals surface area (Å²) in [5, 5.41) is 4.79. The number of nitrogens with one attached hydrogen (secondary N) is 1. The highest BCUT2D eigenvalue weighted by Crippen LogP contribution is 2.33. The average molecular weight is 449 g/mol. The van der Waals surface area contributed by atoms with Crippen molar-refractivity contribution in [1.29, 1.82) is 0 Å². The third kappa shape index (κ3) is 6.33. The van der Waals surface area contributed by atoms with Gasteiger partial charge < -0.3 is 20.5 Å². The monoisotopic (exact) mass is 448 g/mol. The van der Waals surface area contributed by atoms with E-state index in [2.05, 4.69) is 5.32 Å². The molecule has 0 saturated heterocycles. The number of fused-ring (bicyclic) bond motifs is 1. The number of ketones is 1. The second kappa shape index (κ2) is 12.0. The van der Waals surface area contributed by atoms with Crippen LogP contribution in [0, 0.1) is 5.92 Å². The maximum Gasteiger partial charge on any atom is 0.223 e. The summed E-state index contributed by atoms with van der Waals surface area (Å²) in [6.07, 6.45) is 2.09. The molecule has 0 radical (unpaired) electrons. The van der Waals surface area contributed by atoms with Gasteiger partial charge in [-0.2, -0.15) is 0 Å². The first-order chi connectivity index (χ1) is 16.1. The molecule has 0 aliphatic carbocycles. The third-order valence-electron chi connectivity index (χ3n) is 5.84. The third-order valence-corrected chi connectivity index (χ3v) is 5.84. The number of rotatable bonds is 12. The van der Waals surface area contributed by atoms with Crippen molar-refractivity contribution in [1.82, 2.24) is 5.32 Å². The van der Waals surface area contributed by atoms with Crippen LogP contribution in [0.25, 0.3) is 10.8 Å². The van der Waals surface area contributed by atoms with Crippen LogP contribution in [0.4, 0.5) is 0 Å². The fourth-order valence-corrected chi connectivity index (χ4v) is 3.98. The molecule has 0 heterocycles. The van der Waals surface area contributed by atoms with Gasteiger partial charge in [0.2, 0.25) is 5.91 Å². The quantitative estimate of drug-likeness (QED) is 0.398. The zero-order valence-electron chi connectivity index (χ0n) is 19.3. The van der Waals surface area contributed by atoms with E-state index in [1.165, 1.54) is 0 Å². The molecule has 0 aromatic heterocycles. The zero-order chi connectivity index (χ0) is 23.6. The molecule has 0 unspecified atom stereocenters. The van der Waals surface area contributed by atoms with Crippen LogP contribution in [-0.4, -0.2) is 32.5 Å². The normalized spacial score (nSPS) is 11.7. The molecule has 0 bridgehead atoms. The predicted molar refractivity (Wildman–Crippen MR) is 131 cm³/mol. The minimum atomic E-state index is -0.271. The van der Waals surface area contributed by atoms with Crippen LogP contribution < -0.4 is 20.5 Å². The standard InChI is InChI=1S/C27H32N2O4/c1-32-25-12-6-10-21-16-23(26(33-2)17-22(21)25)24(30)14-13-20(11-7-15-28)27(31)29-18-19-8-4-3-5-9-19/h3-6,8-10,12,16-17,20H,7,11,13-15,18,28H2,1-2H3,(H,29,31)/t20-/m1/s1. The molecule has 174 valence electrons. The van der Waals surface area contributed by atoms with Crippen molar-refractivity contribution in [2.75, 3.05) is 20.8 Å². The van der Waals surface area contributed by atoms with Gasteiger partial charge in [0.05, 0.1) is 19.8 Å². The second-order valence-corrected chi connectivity index (χ2v) is 8.03. The van der Waals surface area contributed by atoms with Crippen molar-refractivity contribution in [3.8, 4) is 11.5 Å². The van der Waals surface area contributed by atoms with Crippen molar-refractivity contribution in [2.24, 2.45) is 11.7 Å². The van der Waals surface area contributed by atoms with E-state index in [1.807, 2.05) is 60.7 Å². The van der Waals surface area contributed by atoms with E-state index in [-0.39, 0.29) is 24.0 Å². The van der Waals surface area contributed by atoms with Gasteiger partial charge in [-0.05, 0) is 55.0 Å². The Kier molecular flexibility index (Phi) is 8.84. The molecular formula is C27H32N2O4. The minimum Gasteiger partial charge on any atom is -0.496 e. The van der Waals surface area contributed by atoms with Gasteiger partial charge in [0, 0.05) is 24.3 Å². The van der Waals surface area contributed by atoms with Gasteiger partial charge in [0.1, 0.15) is 11.5 Å². The van der Waals surface area contributed by atoms with Crippen molar-refractivity contribution < 1.29 is 19.1 Å². The molecule has 0 saturated carbocycles. The molecule has 0 aliphatic heterocycles. The lowest BCUT2D eigenvalue weighted by molar-refractivity contribution is -0.125. The Labute approximate surface area is 195 Å². The lowest BCUT2D eigenvalue weighted by atomic mass is 9.92. The molecule has 3 rings (SSSR count). The molecule has 0 fully saturated rings. The summed E-state index contributed by atoms with van der Waals surface area (Å²) >= 11 is 0.